The summed E-state index contributed by atoms with van der Waals surface area (Å²) in [6, 6.07) is 0. The lowest BCUT2D eigenvalue weighted by Crippen LogP contribution is -2.24. The molecule has 0 aliphatic carbocycles. The number of hydrogen-bond donors (Lipinski definition) is 0. The third-order valence-electron chi connectivity index (χ3n) is 2.79. The Hall–Kier alpha value is -1.26. The molecule has 0 saturated carbocycles. The minimum Gasteiger partial charge on any atom is -0.461 e. The predicted octanol–water partition coefficient (Wildman–Crippen LogP) is 2.28. The van der Waals surface area contributed by atoms with Gasteiger partial charge in [0.25, 0.3) is 0 Å². The first-order valence-electron chi connectivity index (χ1n) is 6.17. The van der Waals surface area contributed by atoms with Crippen LogP contribution in [0.5, 0.6) is 0 Å². The van der Waals surface area contributed by atoms with E-state index in [9.17, 15) is 9.59 Å². The molecule has 0 spiro atoms. The molecule has 98 valence electrons. The Balaban J connectivity index is 2.24. The lowest BCUT2D eigenvalue weighted by Gasteiger charge is -2.14. The van der Waals surface area contributed by atoms with Gasteiger partial charge in [-0.25, -0.2) is 4.79 Å². The Labute approximate surface area is 101 Å². The molecule has 5 nitrogen and oxygen atoms in total. The molecule has 1 heterocycles. The van der Waals surface area contributed by atoms with Gasteiger partial charge in [0.1, 0.15) is 13.2 Å². The summed E-state index contributed by atoms with van der Waals surface area (Å²) in [4.78, 5) is 22.4. The van der Waals surface area contributed by atoms with Gasteiger partial charge in [-0.1, -0.05) is 26.7 Å². The zero-order valence-corrected chi connectivity index (χ0v) is 10.4. The topological polar surface area (TPSA) is 61.8 Å². The van der Waals surface area contributed by atoms with Crippen molar-refractivity contribution in [3.8, 4) is 0 Å². The maximum atomic E-state index is 11.7. The third kappa shape index (κ3) is 4.63. The van der Waals surface area contributed by atoms with E-state index < -0.39 is 12.3 Å². The van der Waals surface area contributed by atoms with Crippen LogP contribution in [0.25, 0.3) is 0 Å². The number of carbonyl (C=O) groups is 2. The van der Waals surface area contributed by atoms with E-state index in [-0.39, 0.29) is 25.1 Å². The van der Waals surface area contributed by atoms with Crippen LogP contribution in [0.1, 0.15) is 39.5 Å². The summed E-state index contributed by atoms with van der Waals surface area (Å²) >= 11 is 0. The van der Waals surface area contributed by atoms with Gasteiger partial charge < -0.3 is 14.2 Å². The van der Waals surface area contributed by atoms with Crippen LogP contribution in [-0.2, 0) is 19.0 Å². The lowest BCUT2D eigenvalue weighted by molar-refractivity contribution is -0.151. The van der Waals surface area contributed by atoms with E-state index in [1.54, 1.807) is 0 Å². The van der Waals surface area contributed by atoms with E-state index in [1.165, 1.54) is 0 Å². The van der Waals surface area contributed by atoms with Crippen molar-refractivity contribution in [2.45, 2.75) is 45.6 Å². The normalized spacial score (nSPS) is 20.6. The van der Waals surface area contributed by atoms with Crippen molar-refractivity contribution in [3.63, 3.8) is 0 Å². The van der Waals surface area contributed by atoms with Gasteiger partial charge in [0.05, 0.1) is 5.92 Å². The van der Waals surface area contributed by atoms with E-state index in [1.807, 2.05) is 6.92 Å². The van der Waals surface area contributed by atoms with E-state index >= 15 is 0 Å². The van der Waals surface area contributed by atoms with Gasteiger partial charge in [-0.2, -0.15) is 0 Å². The fourth-order valence-electron chi connectivity index (χ4n) is 1.68. The standard InChI is InChI=1S/C12H20O5/c1-3-5-6-9(4-2)11(13)15-7-10-8-16-12(14)17-10/h9-10H,3-8H2,1-2H3. The molecular weight excluding hydrogens is 224 g/mol. The average molecular weight is 244 g/mol. The highest BCUT2D eigenvalue weighted by atomic mass is 16.8. The molecule has 1 saturated heterocycles. The second kappa shape index (κ2) is 7.14. The van der Waals surface area contributed by atoms with Crippen molar-refractivity contribution in [3.05, 3.63) is 0 Å². The van der Waals surface area contributed by atoms with Crippen molar-refractivity contribution in [1.82, 2.24) is 0 Å². The van der Waals surface area contributed by atoms with Crippen LogP contribution in [0.2, 0.25) is 0 Å². The molecule has 1 rings (SSSR count). The van der Waals surface area contributed by atoms with Crippen molar-refractivity contribution >= 4 is 12.1 Å². The van der Waals surface area contributed by atoms with Crippen LogP contribution in [0.4, 0.5) is 4.79 Å². The summed E-state index contributed by atoms with van der Waals surface area (Å²) in [6.45, 7) is 4.32. The zero-order valence-electron chi connectivity index (χ0n) is 10.4. The maximum Gasteiger partial charge on any atom is 0.508 e. The second-order valence-electron chi connectivity index (χ2n) is 4.18. The molecule has 0 N–H and O–H groups in total. The number of carbonyl (C=O) groups excluding carboxylic acids is 2. The molecule has 0 aromatic rings. The van der Waals surface area contributed by atoms with Gasteiger partial charge in [0, 0.05) is 0 Å². The van der Waals surface area contributed by atoms with Gasteiger partial charge in [0.15, 0.2) is 6.10 Å². The molecule has 0 aromatic heterocycles. The zero-order chi connectivity index (χ0) is 12.7. The molecule has 0 radical (unpaired) electrons. The molecule has 1 aliphatic rings. The average Bonchev–Trinajstić information content (AvgIpc) is 2.73. The highest BCUT2D eigenvalue weighted by molar-refractivity contribution is 5.72. The van der Waals surface area contributed by atoms with Crippen molar-refractivity contribution in [1.29, 1.82) is 0 Å². The number of esters is 1. The Morgan fingerprint density at radius 2 is 2.29 bits per heavy atom. The largest absolute Gasteiger partial charge is 0.508 e. The minimum atomic E-state index is -0.691. The first kappa shape index (κ1) is 13.8. The van der Waals surface area contributed by atoms with Crippen molar-refractivity contribution in [2.75, 3.05) is 13.2 Å². The molecule has 0 aromatic carbocycles. The monoisotopic (exact) mass is 244 g/mol. The van der Waals surface area contributed by atoms with Crippen LogP contribution in [-0.4, -0.2) is 31.4 Å². The van der Waals surface area contributed by atoms with E-state index in [4.69, 9.17) is 9.47 Å². The van der Waals surface area contributed by atoms with Gasteiger partial charge in [-0.3, -0.25) is 4.79 Å². The second-order valence-corrected chi connectivity index (χ2v) is 4.18. The van der Waals surface area contributed by atoms with Crippen LogP contribution in [0, 0.1) is 5.92 Å². The van der Waals surface area contributed by atoms with E-state index in [0.29, 0.717) is 0 Å². The molecule has 0 amide bonds. The Bertz CT molecular complexity index is 264. The molecular formula is C12H20O5. The van der Waals surface area contributed by atoms with Crippen LogP contribution < -0.4 is 0 Å². The fraction of sp³-hybridized carbons (Fsp3) is 0.833. The highest BCUT2D eigenvalue weighted by Crippen LogP contribution is 2.15. The number of hydrogen-bond acceptors (Lipinski definition) is 5. The van der Waals surface area contributed by atoms with Crippen LogP contribution in [0.15, 0.2) is 0 Å². The molecule has 1 aliphatic heterocycles. The highest BCUT2D eigenvalue weighted by Gasteiger charge is 2.27. The molecule has 2 atom stereocenters. The number of unbranched alkanes of at least 4 members (excludes halogenated alkanes) is 1. The Kier molecular flexibility index (Phi) is 5.80. The summed E-state index contributed by atoms with van der Waals surface area (Å²) in [5.41, 5.74) is 0. The van der Waals surface area contributed by atoms with E-state index in [2.05, 4.69) is 11.7 Å². The molecule has 5 heteroatoms. The summed E-state index contributed by atoms with van der Waals surface area (Å²) < 4.78 is 14.5. The van der Waals surface area contributed by atoms with E-state index in [0.717, 1.165) is 25.7 Å². The minimum absolute atomic E-state index is 0.0482. The smallest absolute Gasteiger partial charge is 0.461 e. The van der Waals surface area contributed by atoms with Crippen molar-refractivity contribution in [2.24, 2.45) is 5.92 Å². The molecule has 1 fully saturated rings. The number of ether oxygens (including phenoxy) is 3. The van der Waals surface area contributed by atoms with Gasteiger partial charge in [0.2, 0.25) is 0 Å². The lowest BCUT2D eigenvalue weighted by atomic mass is 10.00. The van der Waals surface area contributed by atoms with Gasteiger partial charge in [-0.15, -0.1) is 0 Å². The van der Waals surface area contributed by atoms with Gasteiger partial charge >= 0.3 is 12.1 Å². The van der Waals surface area contributed by atoms with Crippen molar-refractivity contribution < 1.29 is 23.8 Å². The summed E-state index contributed by atoms with van der Waals surface area (Å²) in [6.07, 6.45) is 2.58. The quantitative estimate of drug-likeness (QED) is 0.643. The first-order chi connectivity index (χ1) is 8.17. The maximum absolute atomic E-state index is 11.7. The number of cyclic esters (lactones) is 2. The third-order valence-corrected chi connectivity index (χ3v) is 2.79. The Morgan fingerprint density at radius 1 is 1.53 bits per heavy atom. The fourth-order valence-corrected chi connectivity index (χ4v) is 1.68. The Morgan fingerprint density at radius 3 is 2.82 bits per heavy atom. The SMILES string of the molecule is CCCCC(CC)C(=O)OCC1COC(=O)O1. The molecule has 17 heavy (non-hydrogen) atoms. The molecule has 2 unspecified atom stereocenters. The summed E-state index contributed by atoms with van der Waals surface area (Å²) in [5.74, 6) is -0.253. The summed E-state index contributed by atoms with van der Waals surface area (Å²) in [5, 5.41) is 0. The number of rotatable bonds is 7. The summed E-state index contributed by atoms with van der Waals surface area (Å²) in [7, 11) is 0. The predicted molar refractivity (Wildman–Crippen MR) is 60.5 cm³/mol. The van der Waals surface area contributed by atoms with Gasteiger partial charge in [-0.05, 0) is 12.8 Å². The van der Waals surface area contributed by atoms with Crippen LogP contribution >= 0.6 is 0 Å². The van der Waals surface area contributed by atoms with Crippen LogP contribution in [0.3, 0.4) is 0 Å². The molecule has 0 bridgehead atoms. The first-order valence-corrected chi connectivity index (χ1v) is 6.17.